The Bertz CT molecular complexity index is 544. The van der Waals surface area contributed by atoms with Crippen LogP contribution in [-0.2, 0) is 4.79 Å². The normalized spacial score (nSPS) is 14.6. The maximum absolute atomic E-state index is 12.2. The van der Waals surface area contributed by atoms with Crippen molar-refractivity contribution < 1.29 is 14.7 Å². The molecule has 1 fully saturated rings. The Morgan fingerprint density at radius 2 is 2.05 bits per heavy atom. The first-order chi connectivity index (χ1) is 8.99. The van der Waals surface area contributed by atoms with Crippen LogP contribution in [0.15, 0.2) is 24.3 Å². The maximum atomic E-state index is 12.2. The number of amides is 1. The molecule has 0 bridgehead atoms. The van der Waals surface area contributed by atoms with Gasteiger partial charge in [0.2, 0.25) is 0 Å². The number of aryl methyl sites for hydroxylation is 1. The summed E-state index contributed by atoms with van der Waals surface area (Å²) in [5, 5.41) is 8.60. The van der Waals surface area contributed by atoms with E-state index in [4.69, 9.17) is 5.11 Å². The summed E-state index contributed by atoms with van der Waals surface area (Å²) in [6, 6.07) is 5.72. The molecule has 1 saturated carbocycles. The number of hydrogen-bond donors (Lipinski definition) is 1. The van der Waals surface area contributed by atoms with E-state index in [0.717, 1.165) is 30.0 Å². The van der Waals surface area contributed by atoms with Crippen molar-refractivity contribution in [1.82, 2.24) is 4.90 Å². The minimum Gasteiger partial charge on any atom is -0.478 e. The number of carboxylic acids is 1. The van der Waals surface area contributed by atoms with Crippen LogP contribution in [0.3, 0.4) is 0 Å². The van der Waals surface area contributed by atoms with Crippen molar-refractivity contribution in [3.8, 4) is 0 Å². The number of carbonyl (C=O) groups is 2. The summed E-state index contributed by atoms with van der Waals surface area (Å²) in [4.78, 5) is 24.4. The van der Waals surface area contributed by atoms with Gasteiger partial charge in [0.1, 0.15) is 0 Å². The van der Waals surface area contributed by atoms with E-state index in [1.807, 2.05) is 20.0 Å². The molecule has 0 unspecified atom stereocenters. The second-order valence-electron chi connectivity index (χ2n) is 4.89. The third-order valence-corrected chi connectivity index (χ3v) is 3.34. The molecule has 1 N–H and O–H groups in total. The third kappa shape index (κ3) is 3.22. The Balaban J connectivity index is 2.18. The minimum absolute atomic E-state index is 0.0272. The van der Waals surface area contributed by atoms with Crippen LogP contribution in [0.2, 0.25) is 0 Å². The number of carboxylic acid groups (broad SMARTS) is 1. The van der Waals surface area contributed by atoms with Gasteiger partial charge in [-0.25, -0.2) is 4.79 Å². The molecule has 0 spiro atoms. The summed E-state index contributed by atoms with van der Waals surface area (Å²) in [6.45, 7) is 1.87. The van der Waals surface area contributed by atoms with Gasteiger partial charge in [0.15, 0.2) is 0 Å². The smallest absolute Gasteiger partial charge is 0.328 e. The lowest BCUT2D eigenvalue weighted by Gasteiger charge is -2.16. The zero-order valence-electron chi connectivity index (χ0n) is 11.1. The molecule has 1 aliphatic carbocycles. The van der Waals surface area contributed by atoms with Gasteiger partial charge < -0.3 is 10.0 Å². The second kappa shape index (κ2) is 5.26. The summed E-state index contributed by atoms with van der Waals surface area (Å²) in [6.07, 6.45) is 4.80. The molecule has 0 atom stereocenters. The van der Waals surface area contributed by atoms with Gasteiger partial charge in [-0.3, -0.25) is 4.79 Å². The maximum Gasteiger partial charge on any atom is 0.328 e. The van der Waals surface area contributed by atoms with Crippen LogP contribution in [-0.4, -0.2) is 35.0 Å². The van der Waals surface area contributed by atoms with Gasteiger partial charge in [0, 0.05) is 24.7 Å². The summed E-state index contributed by atoms with van der Waals surface area (Å²) in [7, 11) is 1.83. The third-order valence-electron chi connectivity index (χ3n) is 3.34. The number of hydrogen-bond acceptors (Lipinski definition) is 2. The molecule has 100 valence electrons. The monoisotopic (exact) mass is 259 g/mol. The fourth-order valence-electron chi connectivity index (χ4n) is 1.99. The highest BCUT2D eigenvalue weighted by Gasteiger charge is 2.30. The predicted molar refractivity (Wildman–Crippen MR) is 73.0 cm³/mol. The highest BCUT2D eigenvalue weighted by atomic mass is 16.4. The van der Waals surface area contributed by atoms with E-state index >= 15 is 0 Å². The zero-order valence-corrected chi connectivity index (χ0v) is 11.1. The van der Waals surface area contributed by atoms with Crippen molar-refractivity contribution in [2.24, 2.45) is 0 Å². The van der Waals surface area contributed by atoms with Crippen LogP contribution in [0.4, 0.5) is 0 Å². The lowest BCUT2D eigenvalue weighted by Crippen LogP contribution is -2.28. The van der Waals surface area contributed by atoms with E-state index in [-0.39, 0.29) is 5.91 Å². The Hall–Kier alpha value is -2.10. The minimum atomic E-state index is -0.979. The Morgan fingerprint density at radius 1 is 1.37 bits per heavy atom. The van der Waals surface area contributed by atoms with E-state index < -0.39 is 5.97 Å². The lowest BCUT2D eigenvalue weighted by atomic mass is 10.0. The molecule has 1 amide bonds. The van der Waals surface area contributed by atoms with Crippen LogP contribution in [0.5, 0.6) is 0 Å². The molecule has 1 aromatic rings. The number of carbonyl (C=O) groups excluding carboxylic acids is 1. The largest absolute Gasteiger partial charge is 0.478 e. The predicted octanol–water partition coefficient (Wildman–Crippen LogP) is 2.33. The zero-order chi connectivity index (χ0) is 14.0. The first-order valence-electron chi connectivity index (χ1n) is 6.28. The van der Waals surface area contributed by atoms with Gasteiger partial charge in [0.05, 0.1) is 0 Å². The number of aliphatic carboxylic acids is 1. The lowest BCUT2D eigenvalue weighted by molar-refractivity contribution is -0.131. The number of rotatable bonds is 4. The molecule has 1 aliphatic rings. The van der Waals surface area contributed by atoms with Crippen LogP contribution < -0.4 is 0 Å². The second-order valence-corrected chi connectivity index (χ2v) is 4.89. The van der Waals surface area contributed by atoms with E-state index in [2.05, 4.69) is 0 Å². The van der Waals surface area contributed by atoms with Crippen molar-refractivity contribution in [2.45, 2.75) is 25.8 Å². The van der Waals surface area contributed by atoms with Crippen LogP contribution >= 0.6 is 0 Å². The van der Waals surface area contributed by atoms with Crippen molar-refractivity contribution in [3.63, 3.8) is 0 Å². The summed E-state index contributed by atoms with van der Waals surface area (Å²) < 4.78 is 0. The van der Waals surface area contributed by atoms with Crippen LogP contribution in [0.25, 0.3) is 6.08 Å². The summed E-state index contributed by atoms with van der Waals surface area (Å²) in [5.74, 6) is -0.951. The molecule has 0 aliphatic heterocycles. The highest BCUT2D eigenvalue weighted by molar-refractivity contribution is 5.95. The molecular formula is C15H17NO3. The molecular weight excluding hydrogens is 242 g/mol. The fraction of sp³-hybridized carbons (Fsp3) is 0.333. The van der Waals surface area contributed by atoms with E-state index in [1.165, 1.54) is 6.08 Å². The first kappa shape index (κ1) is 13.3. The molecule has 0 saturated heterocycles. The molecule has 0 aromatic heterocycles. The van der Waals surface area contributed by atoms with E-state index in [0.29, 0.717) is 11.6 Å². The van der Waals surface area contributed by atoms with Gasteiger partial charge in [0.25, 0.3) is 5.91 Å². The van der Waals surface area contributed by atoms with Crippen molar-refractivity contribution >= 4 is 18.0 Å². The Morgan fingerprint density at radius 3 is 2.58 bits per heavy atom. The van der Waals surface area contributed by atoms with Crippen LogP contribution in [0, 0.1) is 6.92 Å². The fourth-order valence-corrected chi connectivity index (χ4v) is 1.99. The molecule has 1 aromatic carbocycles. The Kier molecular flexibility index (Phi) is 3.69. The van der Waals surface area contributed by atoms with Gasteiger partial charge in [-0.1, -0.05) is 6.07 Å². The topological polar surface area (TPSA) is 57.6 Å². The highest BCUT2D eigenvalue weighted by Crippen LogP contribution is 2.27. The first-order valence-corrected chi connectivity index (χ1v) is 6.28. The van der Waals surface area contributed by atoms with Crippen LogP contribution in [0.1, 0.15) is 34.3 Å². The van der Waals surface area contributed by atoms with Gasteiger partial charge in [-0.15, -0.1) is 0 Å². The standard InChI is InChI=1S/C15H17NO3/c1-10-9-12(15(19)16(2)13-6-7-13)4-3-11(10)5-8-14(17)18/h3-5,8-9,13H,6-7H2,1-2H3,(H,17,18)/b8-5+. The van der Waals surface area contributed by atoms with Crippen molar-refractivity contribution in [3.05, 3.63) is 41.0 Å². The van der Waals surface area contributed by atoms with Crippen molar-refractivity contribution in [1.29, 1.82) is 0 Å². The number of benzene rings is 1. The van der Waals surface area contributed by atoms with Crippen molar-refractivity contribution in [2.75, 3.05) is 7.05 Å². The molecule has 2 rings (SSSR count). The van der Waals surface area contributed by atoms with Gasteiger partial charge in [-0.05, 0) is 49.1 Å². The Labute approximate surface area is 112 Å². The van der Waals surface area contributed by atoms with Gasteiger partial charge >= 0.3 is 5.97 Å². The quantitative estimate of drug-likeness (QED) is 0.844. The average Bonchev–Trinajstić information content (AvgIpc) is 3.19. The molecule has 4 heteroatoms. The SMILES string of the molecule is Cc1cc(C(=O)N(C)C2CC2)ccc1/C=C/C(=O)O. The van der Waals surface area contributed by atoms with E-state index in [9.17, 15) is 9.59 Å². The molecule has 0 heterocycles. The summed E-state index contributed by atoms with van der Waals surface area (Å²) in [5.41, 5.74) is 2.36. The van der Waals surface area contributed by atoms with Gasteiger partial charge in [-0.2, -0.15) is 0 Å². The molecule has 0 radical (unpaired) electrons. The van der Waals surface area contributed by atoms with E-state index in [1.54, 1.807) is 17.0 Å². The number of nitrogens with zero attached hydrogens (tertiary/aromatic N) is 1. The molecule has 19 heavy (non-hydrogen) atoms. The summed E-state index contributed by atoms with van der Waals surface area (Å²) >= 11 is 0. The average molecular weight is 259 g/mol. The molecule has 4 nitrogen and oxygen atoms in total.